The van der Waals surface area contributed by atoms with Crippen molar-refractivity contribution in [2.75, 3.05) is 13.3 Å². The topological polar surface area (TPSA) is 89.5 Å². The molecule has 0 aliphatic heterocycles. The molecule has 2 amide bonds. The third kappa shape index (κ3) is 9.43. The zero-order valence-corrected chi connectivity index (χ0v) is 19.7. The van der Waals surface area contributed by atoms with Gasteiger partial charge in [-0.1, -0.05) is 12.1 Å². The van der Waals surface area contributed by atoms with E-state index in [2.05, 4.69) is 25.5 Å². The molecule has 30 heavy (non-hydrogen) atoms. The number of imide groups is 1. The molecular weight excluding hydrogens is 461 g/mol. The lowest BCUT2D eigenvalue weighted by Crippen LogP contribution is -2.50. The van der Waals surface area contributed by atoms with Gasteiger partial charge in [-0.2, -0.15) is 0 Å². The van der Waals surface area contributed by atoms with E-state index in [1.165, 1.54) is 0 Å². The smallest absolute Gasteiger partial charge is 0.427 e. The summed E-state index contributed by atoms with van der Waals surface area (Å²) in [5, 5.41) is 0. The van der Waals surface area contributed by atoms with Crippen LogP contribution in [0.1, 0.15) is 47.1 Å². The van der Waals surface area contributed by atoms with E-state index in [1.807, 2.05) is 0 Å². The molecule has 10 heteroatoms. The molecule has 0 aliphatic carbocycles. The Morgan fingerprint density at radius 2 is 1.53 bits per heavy atom. The first-order valence-corrected chi connectivity index (χ1v) is 10.1. The molecule has 0 unspecified atom stereocenters. The molecule has 1 aromatic rings. The number of benzene rings is 1. The normalized spacial score (nSPS) is 12.2. The minimum atomic E-state index is -0.933. The highest BCUT2D eigenvalue weighted by Gasteiger charge is 2.35. The van der Waals surface area contributed by atoms with Crippen LogP contribution in [0.5, 0.6) is 5.75 Å². The number of aliphatic imine (C=N–C) groups is 1. The Balaban J connectivity index is 3.08. The second-order valence-corrected chi connectivity index (χ2v) is 8.61. The molecule has 0 heterocycles. The van der Waals surface area contributed by atoms with E-state index < -0.39 is 30.1 Å². The van der Waals surface area contributed by atoms with Gasteiger partial charge in [-0.05, 0) is 59.2 Å². The van der Waals surface area contributed by atoms with Gasteiger partial charge in [-0.15, -0.1) is 4.90 Å². The van der Waals surface area contributed by atoms with E-state index in [0.717, 1.165) is 5.56 Å². The molecule has 8 nitrogen and oxygen atoms in total. The van der Waals surface area contributed by atoms with Gasteiger partial charge in [0.05, 0.1) is 6.54 Å². The van der Waals surface area contributed by atoms with Crippen molar-refractivity contribution in [3.63, 3.8) is 0 Å². The summed E-state index contributed by atoms with van der Waals surface area (Å²) in [6.45, 7) is 9.65. The molecule has 0 spiro atoms. The standard InChI is InChI=1S/C20H29BrFN3O5/c1-19(2,3)29-17(26)25(18(27)30-20(4,5)6)16(24-21)23-13-14-7-9-15(10-8-14)28-12-11-22/h7-10H,11-13H2,1-6H3,(H,23,24). The Morgan fingerprint density at radius 1 is 1.03 bits per heavy atom. The minimum Gasteiger partial charge on any atom is -0.491 e. The molecule has 1 rings (SSSR count). The van der Waals surface area contributed by atoms with Crippen molar-refractivity contribution >= 4 is 34.3 Å². The third-order valence-electron chi connectivity index (χ3n) is 3.13. The Bertz CT molecular complexity index is 714. The summed E-state index contributed by atoms with van der Waals surface area (Å²) in [7, 11) is 0. The van der Waals surface area contributed by atoms with E-state index in [4.69, 9.17) is 14.2 Å². The lowest BCUT2D eigenvalue weighted by molar-refractivity contribution is 0.0143. The summed E-state index contributed by atoms with van der Waals surface area (Å²) in [5.74, 6) is 0.430. The van der Waals surface area contributed by atoms with Crippen molar-refractivity contribution in [3.05, 3.63) is 29.8 Å². The number of nitrogens with one attached hydrogen (secondary N) is 1. The molecule has 0 saturated carbocycles. The SMILES string of the molecule is CC(C)(C)OC(=O)N(C(=O)OC(C)(C)C)C(=NCc1ccc(OCCF)cc1)NBr. The molecule has 0 atom stereocenters. The summed E-state index contributed by atoms with van der Waals surface area (Å²) < 4.78 is 30.6. The average Bonchev–Trinajstić information content (AvgIpc) is 2.61. The number of guanidine groups is 1. The zero-order chi connectivity index (χ0) is 22.9. The summed E-state index contributed by atoms with van der Waals surface area (Å²) >= 11 is 3.03. The van der Waals surface area contributed by atoms with Crippen LogP contribution in [0.3, 0.4) is 0 Å². The molecule has 0 saturated heterocycles. The van der Waals surface area contributed by atoms with Crippen molar-refractivity contribution < 1.29 is 28.2 Å². The Hall–Kier alpha value is -2.36. The zero-order valence-electron chi connectivity index (χ0n) is 18.1. The van der Waals surface area contributed by atoms with Gasteiger partial charge in [0.2, 0.25) is 5.96 Å². The van der Waals surface area contributed by atoms with Gasteiger partial charge in [0.25, 0.3) is 0 Å². The average molecular weight is 490 g/mol. The van der Waals surface area contributed by atoms with E-state index in [9.17, 15) is 14.0 Å². The molecule has 0 radical (unpaired) electrons. The Morgan fingerprint density at radius 3 is 1.93 bits per heavy atom. The van der Waals surface area contributed by atoms with Gasteiger partial charge in [0.1, 0.15) is 30.2 Å². The van der Waals surface area contributed by atoms with Crippen LogP contribution in [0, 0.1) is 0 Å². The maximum atomic E-state index is 12.7. The van der Waals surface area contributed by atoms with E-state index in [1.54, 1.807) is 65.8 Å². The second-order valence-electron chi connectivity index (χ2n) is 8.21. The molecule has 0 aliphatic rings. The van der Waals surface area contributed by atoms with Crippen LogP contribution < -0.4 is 9.08 Å². The van der Waals surface area contributed by atoms with Crippen molar-refractivity contribution in [2.24, 2.45) is 4.99 Å². The quantitative estimate of drug-likeness (QED) is 0.357. The summed E-state index contributed by atoms with van der Waals surface area (Å²) in [6, 6.07) is 6.85. The number of ether oxygens (including phenoxy) is 3. The highest BCUT2D eigenvalue weighted by Crippen LogP contribution is 2.16. The summed E-state index contributed by atoms with van der Waals surface area (Å²) in [6.07, 6.45) is -1.87. The highest BCUT2D eigenvalue weighted by molar-refractivity contribution is 9.08. The van der Waals surface area contributed by atoms with Gasteiger partial charge in [0.15, 0.2) is 0 Å². The molecule has 0 aromatic heterocycles. The van der Waals surface area contributed by atoms with Crippen molar-refractivity contribution in [1.29, 1.82) is 0 Å². The number of carbonyl (C=O) groups excluding carboxylic acids is 2. The van der Waals surface area contributed by atoms with Crippen molar-refractivity contribution in [2.45, 2.75) is 59.3 Å². The Kier molecular flexibility index (Phi) is 9.54. The summed E-state index contributed by atoms with van der Waals surface area (Å²) in [5.41, 5.74) is -0.884. The van der Waals surface area contributed by atoms with Crippen LogP contribution in [-0.2, 0) is 16.0 Å². The minimum absolute atomic E-state index is 0.0180. The molecular formula is C20H29BrFN3O5. The van der Waals surface area contributed by atoms with E-state index >= 15 is 0 Å². The van der Waals surface area contributed by atoms with Gasteiger partial charge in [-0.3, -0.25) is 4.34 Å². The van der Waals surface area contributed by atoms with Crippen molar-refractivity contribution in [1.82, 2.24) is 9.24 Å². The van der Waals surface area contributed by atoms with Crippen LogP contribution in [0.4, 0.5) is 14.0 Å². The van der Waals surface area contributed by atoms with Gasteiger partial charge in [0, 0.05) is 16.1 Å². The first kappa shape index (κ1) is 25.7. The number of halogens is 2. The largest absolute Gasteiger partial charge is 0.491 e. The van der Waals surface area contributed by atoms with Gasteiger partial charge in [-0.25, -0.2) is 19.0 Å². The fourth-order valence-electron chi connectivity index (χ4n) is 2.02. The number of nitrogens with zero attached hydrogens (tertiary/aromatic N) is 2. The molecule has 168 valence electrons. The fourth-order valence-corrected chi connectivity index (χ4v) is 2.32. The first-order chi connectivity index (χ1) is 13.9. The Labute approximate surface area is 185 Å². The van der Waals surface area contributed by atoms with Crippen LogP contribution >= 0.6 is 16.1 Å². The van der Waals surface area contributed by atoms with E-state index in [-0.39, 0.29) is 19.1 Å². The third-order valence-corrected chi connectivity index (χ3v) is 3.48. The van der Waals surface area contributed by atoms with Crippen LogP contribution in [0.25, 0.3) is 0 Å². The predicted molar refractivity (Wildman–Crippen MR) is 115 cm³/mol. The van der Waals surface area contributed by atoms with Crippen LogP contribution in [0.2, 0.25) is 0 Å². The van der Waals surface area contributed by atoms with E-state index in [0.29, 0.717) is 10.6 Å². The number of alkyl halides is 1. The number of carbonyl (C=O) groups is 2. The second kappa shape index (κ2) is 11.1. The molecule has 0 bridgehead atoms. The number of rotatable bonds is 5. The predicted octanol–water partition coefficient (Wildman–Crippen LogP) is 4.96. The van der Waals surface area contributed by atoms with Gasteiger partial charge >= 0.3 is 12.2 Å². The molecule has 0 fully saturated rings. The summed E-state index contributed by atoms with van der Waals surface area (Å²) in [4.78, 5) is 30.3. The van der Waals surface area contributed by atoms with Crippen molar-refractivity contribution in [3.8, 4) is 5.75 Å². The van der Waals surface area contributed by atoms with Crippen LogP contribution in [0.15, 0.2) is 29.3 Å². The van der Waals surface area contributed by atoms with Gasteiger partial charge < -0.3 is 14.2 Å². The molecule has 1 aromatic carbocycles. The maximum Gasteiger partial charge on any atom is 0.427 e. The first-order valence-electron chi connectivity index (χ1n) is 9.31. The lowest BCUT2D eigenvalue weighted by atomic mass is 10.2. The highest BCUT2D eigenvalue weighted by atomic mass is 79.9. The lowest BCUT2D eigenvalue weighted by Gasteiger charge is -2.28. The molecule has 1 N–H and O–H groups in total. The number of hydrogen-bond donors (Lipinski definition) is 1. The monoisotopic (exact) mass is 489 g/mol. The van der Waals surface area contributed by atoms with Crippen LogP contribution in [-0.4, -0.2) is 47.5 Å². The maximum absolute atomic E-state index is 12.7. The number of amides is 2. The number of hydrogen-bond acceptors (Lipinski definition) is 6. The fraction of sp³-hybridized carbons (Fsp3) is 0.550.